The number of nitrogens with two attached hydrogens (primary N) is 1. The second-order valence-electron chi connectivity index (χ2n) is 5.04. The highest BCUT2D eigenvalue weighted by molar-refractivity contribution is 7.80. The van der Waals surface area contributed by atoms with Crippen LogP contribution in [0, 0.1) is 17.2 Å². The molecule has 0 unspecified atom stereocenters. The predicted octanol–water partition coefficient (Wildman–Crippen LogP) is 3.12. The Morgan fingerprint density at radius 1 is 1.58 bits per heavy atom. The molecule has 2 rings (SSSR count). The number of rotatable bonds is 3. The van der Waals surface area contributed by atoms with E-state index in [0.717, 1.165) is 0 Å². The number of benzene rings is 1. The van der Waals surface area contributed by atoms with Crippen molar-refractivity contribution < 1.29 is 9.18 Å². The minimum Gasteiger partial charge on any atom is -0.392 e. The van der Waals surface area contributed by atoms with E-state index in [1.807, 2.05) is 6.92 Å². The second-order valence-corrected chi connectivity index (χ2v) is 5.89. The smallest absolute Gasteiger partial charge is 0.237 e. The first-order valence-electron chi connectivity index (χ1n) is 5.91. The molecule has 6 heteroatoms. The van der Waals surface area contributed by atoms with Crippen molar-refractivity contribution in [3.8, 4) is 0 Å². The van der Waals surface area contributed by atoms with E-state index in [1.54, 1.807) is 6.07 Å². The standard InChI is InChI=1S/C13H14ClFN2OS/c1-7-5-13(6-7,11(16)19)12(18)17-8-2-3-9(14)10(15)4-8/h2-4,7H,5-6H2,1H3,(H2,16,19)(H,17,18). The third-order valence-corrected chi connectivity index (χ3v) is 4.17. The van der Waals surface area contributed by atoms with Crippen molar-refractivity contribution in [2.45, 2.75) is 19.8 Å². The van der Waals surface area contributed by atoms with Crippen LogP contribution in [0.25, 0.3) is 0 Å². The second kappa shape index (κ2) is 5.06. The number of nitrogens with one attached hydrogen (secondary N) is 1. The van der Waals surface area contributed by atoms with Gasteiger partial charge in [0.2, 0.25) is 5.91 Å². The summed E-state index contributed by atoms with van der Waals surface area (Å²) in [4.78, 5) is 12.5. The van der Waals surface area contributed by atoms with Crippen molar-refractivity contribution in [3.05, 3.63) is 29.0 Å². The molecule has 0 aromatic heterocycles. The van der Waals surface area contributed by atoms with Gasteiger partial charge < -0.3 is 11.1 Å². The highest BCUT2D eigenvalue weighted by atomic mass is 35.5. The molecule has 1 saturated carbocycles. The van der Waals surface area contributed by atoms with Crippen LogP contribution in [0.15, 0.2) is 18.2 Å². The average Bonchev–Trinajstić information content (AvgIpc) is 2.29. The maximum atomic E-state index is 13.3. The molecule has 1 aromatic carbocycles. The molecule has 0 heterocycles. The Labute approximate surface area is 121 Å². The van der Waals surface area contributed by atoms with Gasteiger partial charge in [0.1, 0.15) is 5.82 Å². The number of halogens is 2. The Hall–Kier alpha value is -1.20. The van der Waals surface area contributed by atoms with Crippen LogP contribution in [0.3, 0.4) is 0 Å². The summed E-state index contributed by atoms with van der Waals surface area (Å²) in [5.74, 6) is -0.445. The fourth-order valence-corrected chi connectivity index (χ4v) is 2.83. The number of carbonyl (C=O) groups excluding carboxylic acids is 1. The Morgan fingerprint density at radius 2 is 2.21 bits per heavy atom. The summed E-state index contributed by atoms with van der Waals surface area (Å²) in [5.41, 5.74) is 5.23. The van der Waals surface area contributed by atoms with Crippen molar-refractivity contribution in [1.29, 1.82) is 0 Å². The maximum absolute atomic E-state index is 13.3. The third kappa shape index (κ3) is 2.58. The molecule has 1 aromatic rings. The molecule has 1 fully saturated rings. The molecule has 1 amide bonds. The Morgan fingerprint density at radius 3 is 2.68 bits per heavy atom. The van der Waals surface area contributed by atoms with Crippen molar-refractivity contribution in [1.82, 2.24) is 0 Å². The van der Waals surface area contributed by atoms with Crippen molar-refractivity contribution in [3.63, 3.8) is 0 Å². The van der Waals surface area contributed by atoms with Gasteiger partial charge in [-0.3, -0.25) is 4.79 Å². The van der Waals surface area contributed by atoms with Gasteiger partial charge in [0.25, 0.3) is 0 Å². The summed E-state index contributed by atoms with van der Waals surface area (Å²) < 4.78 is 13.3. The van der Waals surface area contributed by atoms with Crippen molar-refractivity contribution in [2.75, 3.05) is 5.32 Å². The third-order valence-electron chi connectivity index (χ3n) is 3.48. The highest BCUT2D eigenvalue weighted by Crippen LogP contribution is 2.46. The van der Waals surface area contributed by atoms with Gasteiger partial charge in [-0.1, -0.05) is 30.7 Å². The lowest BCUT2D eigenvalue weighted by Crippen LogP contribution is -2.53. The van der Waals surface area contributed by atoms with Crippen LogP contribution in [-0.4, -0.2) is 10.9 Å². The molecule has 3 N–H and O–H groups in total. The van der Waals surface area contributed by atoms with E-state index >= 15 is 0 Å². The average molecular weight is 301 g/mol. The molecular weight excluding hydrogens is 287 g/mol. The Bertz CT molecular complexity index is 543. The van der Waals surface area contributed by atoms with Crippen LogP contribution < -0.4 is 11.1 Å². The fourth-order valence-electron chi connectivity index (χ4n) is 2.45. The first-order chi connectivity index (χ1) is 8.85. The van der Waals surface area contributed by atoms with E-state index in [0.29, 0.717) is 24.4 Å². The van der Waals surface area contributed by atoms with Gasteiger partial charge in [-0.2, -0.15) is 0 Å². The van der Waals surface area contributed by atoms with Gasteiger partial charge >= 0.3 is 0 Å². The van der Waals surface area contributed by atoms with Crippen LogP contribution in [0.4, 0.5) is 10.1 Å². The summed E-state index contributed by atoms with van der Waals surface area (Å²) in [6.07, 6.45) is 1.26. The topological polar surface area (TPSA) is 55.1 Å². The monoisotopic (exact) mass is 300 g/mol. The number of hydrogen-bond donors (Lipinski definition) is 2. The summed E-state index contributed by atoms with van der Waals surface area (Å²) in [5, 5.41) is 2.66. The van der Waals surface area contributed by atoms with Gasteiger partial charge in [-0.25, -0.2) is 4.39 Å². The van der Waals surface area contributed by atoms with Gasteiger partial charge in [0.05, 0.1) is 15.4 Å². The normalized spacial score (nSPS) is 25.5. The van der Waals surface area contributed by atoms with E-state index in [-0.39, 0.29) is 15.9 Å². The first-order valence-corrected chi connectivity index (χ1v) is 6.70. The number of amides is 1. The molecule has 3 nitrogen and oxygen atoms in total. The predicted molar refractivity (Wildman–Crippen MR) is 77.7 cm³/mol. The summed E-state index contributed by atoms with van der Waals surface area (Å²) in [6, 6.07) is 4.11. The van der Waals surface area contributed by atoms with Crippen molar-refractivity contribution in [2.24, 2.45) is 17.1 Å². The van der Waals surface area contributed by atoms with Crippen LogP contribution in [0.1, 0.15) is 19.8 Å². The molecular formula is C13H14ClFN2OS. The largest absolute Gasteiger partial charge is 0.392 e. The van der Waals surface area contributed by atoms with Gasteiger partial charge in [-0.05, 0) is 37.0 Å². The molecule has 1 aliphatic carbocycles. The first kappa shape index (κ1) is 14.2. The number of thiocarbonyl (C=S) groups is 1. The van der Waals surface area contributed by atoms with E-state index in [9.17, 15) is 9.18 Å². The quantitative estimate of drug-likeness (QED) is 0.843. The number of anilines is 1. The molecule has 0 atom stereocenters. The highest BCUT2D eigenvalue weighted by Gasteiger charge is 2.50. The zero-order chi connectivity index (χ0) is 14.2. The summed E-state index contributed by atoms with van der Waals surface area (Å²) in [6.45, 7) is 2.03. The van der Waals surface area contributed by atoms with E-state index < -0.39 is 11.2 Å². The molecule has 0 radical (unpaired) electrons. The van der Waals surface area contributed by atoms with Gasteiger partial charge in [-0.15, -0.1) is 0 Å². The number of carbonyl (C=O) groups is 1. The number of hydrogen-bond acceptors (Lipinski definition) is 2. The lowest BCUT2D eigenvalue weighted by Gasteiger charge is -2.44. The zero-order valence-corrected chi connectivity index (χ0v) is 11.9. The lowest BCUT2D eigenvalue weighted by atomic mass is 9.62. The maximum Gasteiger partial charge on any atom is 0.237 e. The van der Waals surface area contributed by atoms with Gasteiger partial charge in [0.15, 0.2) is 0 Å². The molecule has 0 aliphatic heterocycles. The van der Waals surface area contributed by atoms with Crippen LogP contribution >= 0.6 is 23.8 Å². The SMILES string of the molecule is CC1CC(C(=O)Nc2ccc(Cl)c(F)c2)(C(N)=S)C1. The molecule has 1 aliphatic rings. The van der Waals surface area contributed by atoms with Crippen LogP contribution in [0.2, 0.25) is 5.02 Å². The fraction of sp³-hybridized carbons (Fsp3) is 0.385. The van der Waals surface area contributed by atoms with Crippen molar-refractivity contribution >= 4 is 40.4 Å². The van der Waals surface area contributed by atoms with Gasteiger partial charge in [0, 0.05) is 5.69 Å². The van der Waals surface area contributed by atoms with E-state index in [1.165, 1.54) is 12.1 Å². The molecule has 0 spiro atoms. The molecule has 0 bridgehead atoms. The minimum absolute atomic E-state index is 0.0133. The van der Waals surface area contributed by atoms with Crippen LogP contribution in [-0.2, 0) is 4.79 Å². The summed E-state index contributed by atoms with van der Waals surface area (Å²) >= 11 is 10.6. The molecule has 0 saturated heterocycles. The minimum atomic E-state index is -0.801. The molecule has 102 valence electrons. The lowest BCUT2D eigenvalue weighted by molar-refractivity contribution is -0.127. The molecule has 19 heavy (non-hydrogen) atoms. The Kier molecular flexibility index (Phi) is 3.78. The summed E-state index contributed by atoms with van der Waals surface area (Å²) in [7, 11) is 0. The Balaban J connectivity index is 2.16. The van der Waals surface area contributed by atoms with E-state index in [4.69, 9.17) is 29.6 Å². The van der Waals surface area contributed by atoms with E-state index in [2.05, 4.69) is 5.32 Å². The van der Waals surface area contributed by atoms with Crippen LogP contribution in [0.5, 0.6) is 0 Å². The zero-order valence-electron chi connectivity index (χ0n) is 10.4.